The molecular formula is C26H20N2OS3. The number of carbonyl (C=O) groups is 1. The van der Waals surface area contributed by atoms with Crippen LogP contribution in [0.1, 0.15) is 6.92 Å². The van der Waals surface area contributed by atoms with E-state index >= 15 is 0 Å². The lowest BCUT2D eigenvalue weighted by atomic mass is 10.0. The maximum atomic E-state index is 13.0. The summed E-state index contributed by atoms with van der Waals surface area (Å²) in [6.07, 6.45) is 3.94. The minimum atomic E-state index is -0.0713. The SMILES string of the molecule is CCN1/C(=C\C=C2/SC(=S)N(c3ccccc3)C2=O)Sc2ccc(-c3ccccc3)cc21. The smallest absolute Gasteiger partial charge is 0.270 e. The summed E-state index contributed by atoms with van der Waals surface area (Å²) in [6.45, 7) is 3.00. The molecule has 32 heavy (non-hydrogen) atoms. The molecule has 0 aromatic heterocycles. The highest BCUT2D eigenvalue weighted by Gasteiger charge is 2.33. The molecule has 0 aliphatic carbocycles. The Hall–Kier alpha value is -2.80. The van der Waals surface area contributed by atoms with Crippen molar-refractivity contribution < 1.29 is 4.79 Å². The number of thioether (sulfide) groups is 2. The van der Waals surface area contributed by atoms with E-state index in [2.05, 4.69) is 54.3 Å². The Morgan fingerprint density at radius 2 is 1.59 bits per heavy atom. The van der Waals surface area contributed by atoms with Gasteiger partial charge in [-0.25, -0.2) is 0 Å². The molecule has 0 spiro atoms. The molecule has 0 unspecified atom stereocenters. The van der Waals surface area contributed by atoms with E-state index in [0.29, 0.717) is 9.23 Å². The van der Waals surface area contributed by atoms with E-state index in [9.17, 15) is 4.79 Å². The summed E-state index contributed by atoms with van der Waals surface area (Å²) in [5.74, 6) is -0.0713. The third kappa shape index (κ3) is 3.90. The standard InChI is InChI=1S/C26H20N2OS3/c1-2-27-21-17-19(18-9-5-3-6-10-18)13-14-22(21)31-24(27)16-15-23-25(29)28(26(30)32-23)20-11-7-4-8-12-20/h3-17H,2H2,1H3/b23-15-,24-16+. The van der Waals surface area contributed by atoms with E-state index in [-0.39, 0.29) is 5.91 Å². The highest BCUT2D eigenvalue weighted by atomic mass is 32.2. The van der Waals surface area contributed by atoms with Gasteiger partial charge in [0.2, 0.25) is 0 Å². The predicted molar refractivity (Wildman–Crippen MR) is 141 cm³/mol. The molecule has 5 rings (SSSR count). The highest BCUT2D eigenvalue weighted by molar-refractivity contribution is 8.27. The summed E-state index contributed by atoms with van der Waals surface area (Å²) in [6, 6.07) is 26.6. The Kier molecular flexibility index (Phi) is 5.91. The maximum Gasteiger partial charge on any atom is 0.270 e. The Morgan fingerprint density at radius 3 is 2.31 bits per heavy atom. The largest absolute Gasteiger partial charge is 0.335 e. The summed E-state index contributed by atoms with van der Waals surface area (Å²) in [5.41, 5.74) is 4.42. The van der Waals surface area contributed by atoms with Crippen LogP contribution in [0.15, 0.2) is 106 Å². The number of hydrogen-bond acceptors (Lipinski definition) is 5. The van der Waals surface area contributed by atoms with Crippen LogP contribution < -0.4 is 9.80 Å². The van der Waals surface area contributed by atoms with Gasteiger partial charge in [-0.1, -0.05) is 90.3 Å². The molecule has 0 atom stereocenters. The first-order valence-electron chi connectivity index (χ1n) is 10.3. The molecule has 3 nitrogen and oxygen atoms in total. The van der Waals surface area contributed by atoms with Crippen LogP contribution >= 0.6 is 35.7 Å². The fraction of sp³-hybridized carbons (Fsp3) is 0.0769. The van der Waals surface area contributed by atoms with Gasteiger partial charge in [0.25, 0.3) is 5.91 Å². The Morgan fingerprint density at radius 1 is 0.875 bits per heavy atom. The van der Waals surface area contributed by atoms with Crippen molar-refractivity contribution in [1.82, 2.24) is 0 Å². The van der Waals surface area contributed by atoms with Crippen LogP contribution in [0.3, 0.4) is 0 Å². The molecule has 0 bridgehead atoms. The van der Waals surface area contributed by atoms with Crippen molar-refractivity contribution in [2.45, 2.75) is 11.8 Å². The number of amides is 1. The maximum absolute atomic E-state index is 13.0. The van der Waals surface area contributed by atoms with Crippen molar-refractivity contribution in [2.75, 3.05) is 16.3 Å². The number of anilines is 2. The monoisotopic (exact) mass is 472 g/mol. The minimum absolute atomic E-state index is 0.0713. The Labute approximate surface area is 201 Å². The van der Waals surface area contributed by atoms with Crippen LogP contribution in [-0.4, -0.2) is 16.8 Å². The number of hydrogen-bond donors (Lipinski definition) is 0. The van der Waals surface area contributed by atoms with E-state index in [1.54, 1.807) is 16.7 Å². The first-order valence-corrected chi connectivity index (χ1v) is 12.4. The van der Waals surface area contributed by atoms with Gasteiger partial charge in [-0.15, -0.1) is 0 Å². The lowest BCUT2D eigenvalue weighted by Gasteiger charge is -2.18. The Balaban J connectivity index is 1.42. The van der Waals surface area contributed by atoms with Gasteiger partial charge < -0.3 is 4.90 Å². The lowest BCUT2D eigenvalue weighted by molar-refractivity contribution is -0.113. The zero-order valence-electron chi connectivity index (χ0n) is 17.4. The zero-order chi connectivity index (χ0) is 22.1. The number of benzene rings is 3. The average Bonchev–Trinajstić information content (AvgIpc) is 3.33. The number of carbonyl (C=O) groups excluding carboxylic acids is 1. The van der Waals surface area contributed by atoms with Crippen LogP contribution in [0.2, 0.25) is 0 Å². The number of para-hydroxylation sites is 1. The molecule has 1 amide bonds. The first kappa shape index (κ1) is 21.1. The van der Waals surface area contributed by atoms with Crippen LogP contribution in [0, 0.1) is 0 Å². The molecule has 158 valence electrons. The summed E-state index contributed by atoms with van der Waals surface area (Å²) in [5, 5.41) is 1.11. The van der Waals surface area contributed by atoms with Gasteiger partial charge in [0, 0.05) is 11.4 Å². The fourth-order valence-corrected chi connectivity index (χ4v) is 6.14. The van der Waals surface area contributed by atoms with Crippen molar-refractivity contribution in [2.24, 2.45) is 0 Å². The van der Waals surface area contributed by atoms with Crippen molar-refractivity contribution >= 4 is 57.3 Å². The summed E-state index contributed by atoms with van der Waals surface area (Å²) in [7, 11) is 0. The van der Waals surface area contributed by atoms with Gasteiger partial charge in [-0.3, -0.25) is 9.69 Å². The molecule has 3 aromatic carbocycles. The second-order valence-corrected chi connectivity index (χ2v) is 10.0. The molecule has 1 saturated heterocycles. The van der Waals surface area contributed by atoms with Crippen LogP contribution in [0.25, 0.3) is 11.1 Å². The summed E-state index contributed by atoms with van der Waals surface area (Å²) < 4.78 is 0.563. The lowest BCUT2D eigenvalue weighted by Crippen LogP contribution is -2.27. The van der Waals surface area contributed by atoms with Crippen LogP contribution in [-0.2, 0) is 4.79 Å². The number of fused-ring (bicyclic) bond motifs is 1. The quantitative estimate of drug-likeness (QED) is 0.298. The molecular weight excluding hydrogens is 453 g/mol. The van der Waals surface area contributed by atoms with Gasteiger partial charge in [0.15, 0.2) is 4.32 Å². The number of allylic oxidation sites excluding steroid dienone is 2. The second-order valence-electron chi connectivity index (χ2n) is 7.27. The number of nitrogens with zero attached hydrogens (tertiary/aromatic N) is 2. The van der Waals surface area contributed by atoms with Gasteiger partial charge in [0.05, 0.1) is 21.3 Å². The molecule has 6 heteroatoms. The van der Waals surface area contributed by atoms with E-state index in [1.807, 2.05) is 48.6 Å². The Bertz CT molecular complexity index is 1250. The van der Waals surface area contributed by atoms with E-state index in [4.69, 9.17) is 12.2 Å². The molecule has 2 heterocycles. The molecule has 0 N–H and O–H groups in total. The first-order chi connectivity index (χ1) is 15.7. The van der Waals surface area contributed by atoms with Crippen molar-refractivity contribution in [3.05, 3.63) is 101 Å². The molecule has 3 aromatic rings. The van der Waals surface area contributed by atoms with Gasteiger partial charge in [-0.05, 0) is 54.5 Å². The third-order valence-electron chi connectivity index (χ3n) is 5.34. The van der Waals surface area contributed by atoms with E-state index < -0.39 is 0 Å². The molecule has 2 aliphatic heterocycles. The minimum Gasteiger partial charge on any atom is -0.335 e. The topological polar surface area (TPSA) is 23.6 Å². The predicted octanol–water partition coefficient (Wildman–Crippen LogP) is 7.08. The van der Waals surface area contributed by atoms with Crippen LogP contribution in [0.5, 0.6) is 0 Å². The zero-order valence-corrected chi connectivity index (χ0v) is 19.8. The van der Waals surface area contributed by atoms with Crippen LogP contribution in [0.4, 0.5) is 11.4 Å². The molecule has 0 radical (unpaired) electrons. The summed E-state index contributed by atoms with van der Waals surface area (Å²) in [4.78, 5) is 18.8. The number of thiocarbonyl (C=S) groups is 1. The van der Waals surface area contributed by atoms with Crippen molar-refractivity contribution in [1.29, 1.82) is 0 Å². The third-order valence-corrected chi connectivity index (χ3v) is 7.79. The highest BCUT2D eigenvalue weighted by Crippen LogP contribution is 2.47. The van der Waals surface area contributed by atoms with E-state index in [0.717, 1.165) is 17.3 Å². The van der Waals surface area contributed by atoms with E-state index in [1.165, 1.54) is 33.5 Å². The summed E-state index contributed by atoms with van der Waals surface area (Å²) >= 11 is 8.56. The average molecular weight is 473 g/mol. The normalized spacial score (nSPS) is 18.2. The number of rotatable bonds is 4. The molecule has 2 aliphatic rings. The van der Waals surface area contributed by atoms with Gasteiger partial charge >= 0.3 is 0 Å². The van der Waals surface area contributed by atoms with Gasteiger partial charge in [0.1, 0.15) is 0 Å². The van der Waals surface area contributed by atoms with Crippen molar-refractivity contribution in [3.8, 4) is 11.1 Å². The van der Waals surface area contributed by atoms with Gasteiger partial charge in [-0.2, -0.15) is 0 Å². The molecule has 0 saturated carbocycles. The molecule has 1 fully saturated rings. The second kappa shape index (κ2) is 8.98. The van der Waals surface area contributed by atoms with Crippen molar-refractivity contribution in [3.63, 3.8) is 0 Å². The fourth-order valence-electron chi connectivity index (χ4n) is 3.79.